The monoisotopic (exact) mass is 447 g/mol. The number of benzene rings is 2. The number of urea groups is 1. The van der Waals surface area contributed by atoms with Gasteiger partial charge in [-0.1, -0.05) is 24.3 Å². The quantitative estimate of drug-likeness (QED) is 0.627. The fourth-order valence-corrected chi connectivity index (χ4v) is 3.85. The fraction of sp³-hybridized carbons (Fsp3) is 0.417. The molecule has 2 N–H and O–H groups in total. The summed E-state index contributed by atoms with van der Waals surface area (Å²) >= 11 is 0. The zero-order chi connectivity index (χ0) is 23.1. The van der Waals surface area contributed by atoms with Gasteiger partial charge in [-0.25, -0.2) is 4.79 Å². The maximum absolute atomic E-state index is 12.6. The molecule has 1 heterocycles. The molecule has 172 valence electrons. The topological polar surface area (TPSA) is 61.4 Å². The summed E-state index contributed by atoms with van der Waals surface area (Å²) in [5.74, 6) is 0.0927. The Kier molecular flexibility index (Phi) is 7.77. The third-order valence-corrected chi connectivity index (χ3v) is 5.63. The SMILES string of the molecule is Cc1cccc(NC(=O)N2CCC[C@H](CCC(=O)NCc3ccc(C(F)(F)F)cc3)C2)c1. The van der Waals surface area contributed by atoms with Crippen LogP contribution < -0.4 is 10.6 Å². The molecular weight excluding hydrogens is 419 g/mol. The first-order chi connectivity index (χ1) is 15.2. The summed E-state index contributed by atoms with van der Waals surface area (Å²) in [5, 5.41) is 5.68. The zero-order valence-corrected chi connectivity index (χ0v) is 18.0. The minimum atomic E-state index is -4.37. The molecule has 1 saturated heterocycles. The van der Waals surface area contributed by atoms with Crippen molar-refractivity contribution in [3.63, 3.8) is 0 Å². The summed E-state index contributed by atoms with van der Waals surface area (Å²) < 4.78 is 37.8. The van der Waals surface area contributed by atoms with Gasteiger partial charge in [0.2, 0.25) is 5.91 Å². The lowest BCUT2D eigenvalue weighted by molar-refractivity contribution is -0.137. The second-order valence-corrected chi connectivity index (χ2v) is 8.26. The van der Waals surface area contributed by atoms with Gasteiger partial charge in [0, 0.05) is 31.7 Å². The molecule has 0 saturated carbocycles. The van der Waals surface area contributed by atoms with Gasteiger partial charge in [0.25, 0.3) is 0 Å². The number of piperidine rings is 1. The number of likely N-dealkylation sites (tertiary alicyclic amines) is 1. The van der Waals surface area contributed by atoms with Crippen LogP contribution >= 0.6 is 0 Å². The molecule has 2 aromatic carbocycles. The van der Waals surface area contributed by atoms with E-state index in [0.717, 1.165) is 36.2 Å². The van der Waals surface area contributed by atoms with E-state index in [2.05, 4.69) is 10.6 Å². The Bertz CT molecular complexity index is 929. The van der Waals surface area contributed by atoms with Gasteiger partial charge in [-0.2, -0.15) is 13.2 Å². The molecule has 2 aromatic rings. The summed E-state index contributed by atoms with van der Waals surface area (Å²) in [7, 11) is 0. The first kappa shape index (κ1) is 23.6. The molecule has 3 rings (SSSR count). The maximum Gasteiger partial charge on any atom is 0.416 e. The molecule has 1 aliphatic heterocycles. The van der Waals surface area contributed by atoms with E-state index in [1.807, 2.05) is 31.2 Å². The normalized spacial score (nSPS) is 16.5. The van der Waals surface area contributed by atoms with E-state index in [-0.39, 0.29) is 24.4 Å². The van der Waals surface area contributed by atoms with Gasteiger partial charge in [-0.05, 0) is 67.5 Å². The number of halogens is 3. The van der Waals surface area contributed by atoms with Gasteiger partial charge < -0.3 is 15.5 Å². The van der Waals surface area contributed by atoms with E-state index >= 15 is 0 Å². The minimum absolute atomic E-state index is 0.132. The van der Waals surface area contributed by atoms with Crippen LogP contribution in [0.1, 0.15) is 42.4 Å². The lowest BCUT2D eigenvalue weighted by Gasteiger charge is -2.32. The molecule has 0 radical (unpaired) electrons. The van der Waals surface area contributed by atoms with E-state index in [4.69, 9.17) is 0 Å². The van der Waals surface area contributed by atoms with E-state index in [0.29, 0.717) is 31.5 Å². The van der Waals surface area contributed by atoms with E-state index in [9.17, 15) is 22.8 Å². The van der Waals surface area contributed by atoms with Crippen molar-refractivity contribution in [1.29, 1.82) is 0 Å². The minimum Gasteiger partial charge on any atom is -0.352 e. The molecule has 0 bridgehead atoms. The van der Waals surface area contributed by atoms with Crippen molar-refractivity contribution in [3.05, 3.63) is 65.2 Å². The Morgan fingerprint density at radius 1 is 1.12 bits per heavy atom. The number of hydrogen-bond donors (Lipinski definition) is 2. The highest BCUT2D eigenvalue weighted by molar-refractivity contribution is 5.89. The number of amides is 3. The molecule has 0 aromatic heterocycles. The molecule has 1 aliphatic rings. The van der Waals surface area contributed by atoms with Crippen LogP contribution in [0.3, 0.4) is 0 Å². The van der Waals surface area contributed by atoms with Crippen LogP contribution in [0.2, 0.25) is 0 Å². The van der Waals surface area contributed by atoms with Crippen LogP contribution in [-0.4, -0.2) is 29.9 Å². The Hall–Kier alpha value is -3.03. The second kappa shape index (κ2) is 10.5. The number of carbonyl (C=O) groups excluding carboxylic acids is 2. The van der Waals surface area contributed by atoms with Gasteiger partial charge in [0.15, 0.2) is 0 Å². The fourth-order valence-electron chi connectivity index (χ4n) is 3.85. The van der Waals surface area contributed by atoms with Crippen LogP contribution in [0.25, 0.3) is 0 Å². The number of aryl methyl sites for hydroxylation is 1. The number of nitrogens with zero attached hydrogens (tertiary/aromatic N) is 1. The largest absolute Gasteiger partial charge is 0.416 e. The molecule has 1 atom stereocenters. The van der Waals surface area contributed by atoms with Crippen molar-refractivity contribution in [2.24, 2.45) is 5.92 Å². The molecule has 3 amide bonds. The standard InChI is InChI=1S/C24H28F3N3O2/c1-17-4-2-6-21(14-17)29-23(32)30-13-3-5-19(16-30)9-12-22(31)28-15-18-7-10-20(11-8-18)24(25,26)27/h2,4,6-8,10-11,14,19H,3,5,9,12-13,15-16H2,1H3,(H,28,31)(H,29,32)/t19-/m1/s1. The van der Waals surface area contributed by atoms with Crippen molar-refractivity contribution >= 4 is 17.6 Å². The number of rotatable bonds is 6. The van der Waals surface area contributed by atoms with Crippen molar-refractivity contribution in [1.82, 2.24) is 10.2 Å². The summed E-state index contributed by atoms with van der Waals surface area (Å²) in [4.78, 5) is 26.6. The zero-order valence-electron chi connectivity index (χ0n) is 18.0. The first-order valence-corrected chi connectivity index (χ1v) is 10.8. The van der Waals surface area contributed by atoms with Crippen molar-refractivity contribution in [3.8, 4) is 0 Å². The van der Waals surface area contributed by atoms with Crippen LogP contribution in [0.15, 0.2) is 48.5 Å². The molecule has 5 nitrogen and oxygen atoms in total. The van der Waals surface area contributed by atoms with Gasteiger partial charge in [0.1, 0.15) is 0 Å². The van der Waals surface area contributed by atoms with Crippen LogP contribution in [0, 0.1) is 12.8 Å². The van der Waals surface area contributed by atoms with Crippen LogP contribution in [-0.2, 0) is 17.5 Å². The second-order valence-electron chi connectivity index (χ2n) is 8.26. The molecular formula is C24H28F3N3O2. The predicted molar refractivity (Wildman–Crippen MR) is 117 cm³/mol. The maximum atomic E-state index is 12.6. The molecule has 1 fully saturated rings. The molecule has 0 unspecified atom stereocenters. The molecule has 0 aliphatic carbocycles. The molecule has 0 spiro atoms. The summed E-state index contributed by atoms with van der Waals surface area (Å²) in [5.41, 5.74) is 1.74. The smallest absolute Gasteiger partial charge is 0.352 e. The Labute approximate surface area is 186 Å². The Balaban J connectivity index is 1.41. The number of hydrogen-bond acceptors (Lipinski definition) is 2. The highest BCUT2D eigenvalue weighted by Gasteiger charge is 2.30. The Morgan fingerprint density at radius 2 is 1.88 bits per heavy atom. The first-order valence-electron chi connectivity index (χ1n) is 10.8. The summed E-state index contributed by atoms with van der Waals surface area (Å²) in [6, 6.07) is 12.3. The highest BCUT2D eigenvalue weighted by Crippen LogP contribution is 2.29. The van der Waals surface area contributed by atoms with Crippen molar-refractivity contribution in [2.45, 2.75) is 45.3 Å². The number of carbonyl (C=O) groups is 2. The van der Waals surface area contributed by atoms with Gasteiger partial charge in [-0.15, -0.1) is 0 Å². The van der Waals surface area contributed by atoms with E-state index in [1.54, 1.807) is 4.90 Å². The van der Waals surface area contributed by atoms with Gasteiger partial charge in [0.05, 0.1) is 5.56 Å². The third kappa shape index (κ3) is 7.00. The van der Waals surface area contributed by atoms with Crippen molar-refractivity contribution < 1.29 is 22.8 Å². The van der Waals surface area contributed by atoms with Crippen LogP contribution in [0.4, 0.5) is 23.7 Å². The lowest BCUT2D eigenvalue weighted by Crippen LogP contribution is -2.42. The summed E-state index contributed by atoms with van der Waals surface area (Å²) in [6.07, 6.45) is -1.54. The van der Waals surface area contributed by atoms with E-state index < -0.39 is 11.7 Å². The number of nitrogens with one attached hydrogen (secondary N) is 2. The van der Waals surface area contributed by atoms with Gasteiger partial charge >= 0.3 is 12.2 Å². The Morgan fingerprint density at radius 3 is 2.56 bits per heavy atom. The molecule has 8 heteroatoms. The predicted octanol–water partition coefficient (Wildman–Crippen LogP) is 5.35. The highest BCUT2D eigenvalue weighted by atomic mass is 19.4. The average Bonchev–Trinajstić information content (AvgIpc) is 2.76. The third-order valence-electron chi connectivity index (χ3n) is 5.63. The van der Waals surface area contributed by atoms with Crippen molar-refractivity contribution in [2.75, 3.05) is 18.4 Å². The van der Waals surface area contributed by atoms with Crippen LogP contribution in [0.5, 0.6) is 0 Å². The average molecular weight is 448 g/mol. The number of alkyl halides is 3. The number of anilines is 1. The van der Waals surface area contributed by atoms with E-state index in [1.165, 1.54) is 12.1 Å². The van der Waals surface area contributed by atoms with Gasteiger partial charge in [-0.3, -0.25) is 4.79 Å². The lowest BCUT2D eigenvalue weighted by atomic mass is 9.93. The molecule has 32 heavy (non-hydrogen) atoms. The summed E-state index contributed by atoms with van der Waals surface area (Å²) in [6.45, 7) is 3.44.